The van der Waals surface area contributed by atoms with E-state index in [4.69, 9.17) is 4.74 Å². The number of hydrogen-bond donors (Lipinski definition) is 1. The molecule has 1 atom stereocenters. The molecule has 0 heterocycles. The van der Waals surface area contributed by atoms with Gasteiger partial charge in [-0.15, -0.1) is 0 Å². The lowest BCUT2D eigenvalue weighted by Crippen LogP contribution is -2.13. The van der Waals surface area contributed by atoms with Crippen molar-refractivity contribution in [2.24, 2.45) is 0 Å². The Bertz CT molecular complexity index is 1100. The third-order valence-corrected chi connectivity index (χ3v) is 5.52. The monoisotopic (exact) mass is 384 g/mol. The summed E-state index contributed by atoms with van der Waals surface area (Å²) in [6.07, 6.45) is 1.05. The maximum Gasteiger partial charge on any atom is 0.344 e. The minimum Gasteiger partial charge on any atom is -0.423 e. The minimum absolute atomic E-state index is 0.216. The fraction of sp³-hybridized carbons (Fsp3) is 0.190. The average Bonchev–Trinajstić information content (AvgIpc) is 2.66. The van der Waals surface area contributed by atoms with Gasteiger partial charge in [0.2, 0.25) is 0 Å². The van der Waals surface area contributed by atoms with Gasteiger partial charge in [0, 0.05) is 0 Å². The molecule has 3 rings (SSSR count). The summed E-state index contributed by atoms with van der Waals surface area (Å²) in [6, 6.07) is 16.8. The molecular weight excluding hydrogens is 364 g/mol. The Balaban J connectivity index is 1.90. The van der Waals surface area contributed by atoms with Crippen molar-refractivity contribution in [2.45, 2.75) is 31.1 Å². The Morgan fingerprint density at radius 2 is 1.70 bits per heavy atom. The third kappa shape index (κ3) is 4.18. The summed E-state index contributed by atoms with van der Waals surface area (Å²) >= 11 is 0. The summed E-state index contributed by atoms with van der Waals surface area (Å²) in [5.41, 5.74) is 1.03. The lowest BCUT2D eigenvalue weighted by molar-refractivity contribution is 0.0730. The summed E-state index contributed by atoms with van der Waals surface area (Å²) in [7, 11) is -4.52. The van der Waals surface area contributed by atoms with Crippen molar-refractivity contribution in [3.8, 4) is 5.75 Å². The number of rotatable bonds is 5. The van der Waals surface area contributed by atoms with E-state index in [0.29, 0.717) is 11.7 Å². The molecule has 0 saturated carbocycles. The van der Waals surface area contributed by atoms with E-state index in [2.05, 4.69) is 26.0 Å². The third-order valence-electron chi connectivity index (χ3n) is 4.61. The molecule has 0 amide bonds. The van der Waals surface area contributed by atoms with Gasteiger partial charge in [-0.3, -0.25) is 4.55 Å². The molecule has 0 aliphatic carbocycles. The van der Waals surface area contributed by atoms with Crippen LogP contribution in [-0.2, 0) is 10.1 Å². The van der Waals surface area contributed by atoms with Crippen molar-refractivity contribution in [2.75, 3.05) is 0 Å². The van der Waals surface area contributed by atoms with Crippen molar-refractivity contribution in [3.63, 3.8) is 0 Å². The highest BCUT2D eigenvalue weighted by Crippen LogP contribution is 2.27. The van der Waals surface area contributed by atoms with Crippen molar-refractivity contribution in [1.82, 2.24) is 0 Å². The van der Waals surface area contributed by atoms with Crippen LogP contribution in [0.4, 0.5) is 0 Å². The number of ether oxygens (including phenoxy) is 1. The number of fused-ring (bicyclic) bond motifs is 1. The van der Waals surface area contributed by atoms with E-state index in [1.807, 2.05) is 12.1 Å². The van der Waals surface area contributed by atoms with Crippen molar-refractivity contribution in [3.05, 3.63) is 71.8 Å². The van der Waals surface area contributed by atoms with Crippen molar-refractivity contribution >= 4 is 26.9 Å². The normalized spacial score (nSPS) is 12.7. The molecule has 3 aromatic carbocycles. The van der Waals surface area contributed by atoms with Gasteiger partial charge in [-0.1, -0.05) is 50.2 Å². The van der Waals surface area contributed by atoms with Gasteiger partial charge in [-0.25, -0.2) is 4.79 Å². The summed E-state index contributed by atoms with van der Waals surface area (Å²) in [5, 5.41) is 1.95. The molecule has 0 aliphatic heterocycles. The predicted octanol–water partition coefficient (Wildman–Crippen LogP) is 4.82. The topological polar surface area (TPSA) is 80.7 Å². The van der Waals surface area contributed by atoms with Gasteiger partial charge >= 0.3 is 5.97 Å². The standard InChI is InChI=1S/C21H20O5S/c1-3-14(2)15-8-9-17-13-18(11-10-16(17)12-15)26-21(22)19-6-4-5-7-20(19)27(23,24)25/h4-14H,3H2,1-2H3,(H,23,24,25). The van der Waals surface area contributed by atoms with E-state index in [0.717, 1.165) is 23.3 Å². The molecule has 1 N–H and O–H groups in total. The highest BCUT2D eigenvalue weighted by atomic mass is 32.2. The first-order valence-electron chi connectivity index (χ1n) is 8.62. The van der Waals surface area contributed by atoms with E-state index >= 15 is 0 Å². The molecule has 3 aromatic rings. The van der Waals surface area contributed by atoms with E-state index in [9.17, 15) is 17.8 Å². The van der Waals surface area contributed by atoms with Gasteiger partial charge in [0.25, 0.3) is 10.1 Å². The first kappa shape index (κ1) is 19.1. The molecule has 6 heteroatoms. The van der Waals surface area contributed by atoms with Crippen LogP contribution in [0.2, 0.25) is 0 Å². The highest BCUT2D eigenvalue weighted by molar-refractivity contribution is 7.86. The average molecular weight is 384 g/mol. The Morgan fingerprint density at radius 3 is 2.41 bits per heavy atom. The van der Waals surface area contributed by atoms with Crippen LogP contribution in [0.25, 0.3) is 10.8 Å². The van der Waals surface area contributed by atoms with E-state index in [1.165, 1.54) is 23.8 Å². The van der Waals surface area contributed by atoms with Crippen LogP contribution in [0.15, 0.2) is 65.6 Å². The molecule has 0 radical (unpaired) electrons. The highest BCUT2D eigenvalue weighted by Gasteiger charge is 2.21. The molecule has 0 aromatic heterocycles. The summed E-state index contributed by atoms with van der Waals surface area (Å²) in [6.45, 7) is 4.31. The Labute approximate surface area is 158 Å². The molecule has 1 unspecified atom stereocenters. The molecule has 0 fully saturated rings. The zero-order valence-electron chi connectivity index (χ0n) is 15.0. The molecule has 0 bridgehead atoms. The van der Waals surface area contributed by atoms with E-state index < -0.39 is 21.0 Å². The molecule has 0 spiro atoms. The largest absolute Gasteiger partial charge is 0.423 e. The van der Waals surface area contributed by atoms with Gasteiger partial charge in [0.05, 0.1) is 5.56 Å². The van der Waals surface area contributed by atoms with Crippen molar-refractivity contribution in [1.29, 1.82) is 0 Å². The minimum atomic E-state index is -4.52. The second-order valence-electron chi connectivity index (χ2n) is 6.44. The lowest BCUT2D eigenvalue weighted by atomic mass is 9.96. The first-order valence-corrected chi connectivity index (χ1v) is 10.1. The maximum atomic E-state index is 12.4. The Hall–Kier alpha value is -2.70. The number of hydrogen-bond acceptors (Lipinski definition) is 4. The van der Waals surface area contributed by atoms with E-state index in [-0.39, 0.29) is 5.56 Å². The second-order valence-corrected chi connectivity index (χ2v) is 7.83. The zero-order chi connectivity index (χ0) is 19.6. The molecule has 5 nitrogen and oxygen atoms in total. The number of benzene rings is 3. The van der Waals surface area contributed by atoms with Crippen LogP contribution in [0.5, 0.6) is 5.75 Å². The summed E-state index contributed by atoms with van der Waals surface area (Å²) < 4.78 is 37.5. The van der Waals surface area contributed by atoms with Crippen LogP contribution in [0.3, 0.4) is 0 Å². The second kappa shape index (κ2) is 7.50. The Morgan fingerprint density at radius 1 is 1.04 bits per heavy atom. The quantitative estimate of drug-likeness (QED) is 0.387. The molecule has 0 saturated heterocycles. The van der Waals surface area contributed by atoms with Gasteiger partial charge < -0.3 is 4.74 Å². The fourth-order valence-corrected chi connectivity index (χ4v) is 3.55. The number of carbonyl (C=O) groups excluding carboxylic acids is 1. The fourth-order valence-electron chi connectivity index (χ4n) is 2.87. The van der Waals surface area contributed by atoms with Crippen LogP contribution in [-0.4, -0.2) is 18.9 Å². The lowest BCUT2D eigenvalue weighted by Gasteiger charge is -2.11. The van der Waals surface area contributed by atoms with Gasteiger partial charge in [0.1, 0.15) is 10.6 Å². The maximum absolute atomic E-state index is 12.4. The van der Waals surface area contributed by atoms with Crippen LogP contribution in [0, 0.1) is 0 Å². The van der Waals surface area contributed by atoms with E-state index in [1.54, 1.807) is 12.1 Å². The zero-order valence-corrected chi connectivity index (χ0v) is 15.9. The molecular formula is C21H20O5S. The van der Waals surface area contributed by atoms with Crippen LogP contribution >= 0.6 is 0 Å². The SMILES string of the molecule is CCC(C)c1ccc2cc(OC(=O)c3ccccc3S(=O)(=O)O)ccc2c1. The predicted molar refractivity (Wildman–Crippen MR) is 104 cm³/mol. The Kier molecular flexibility index (Phi) is 5.30. The van der Waals surface area contributed by atoms with Gasteiger partial charge in [-0.05, 0) is 52.9 Å². The van der Waals surface area contributed by atoms with Crippen LogP contribution in [0.1, 0.15) is 42.1 Å². The van der Waals surface area contributed by atoms with Gasteiger partial charge in [-0.2, -0.15) is 8.42 Å². The molecule has 0 aliphatic rings. The number of esters is 1. The smallest absolute Gasteiger partial charge is 0.344 e. The van der Waals surface area contributed by atoms with Gasteiger partial charge in [0.15, 0.2) is 0 Å². The first-order chi connectivity index (χ1) is 12.8. The van der Waals surface area contributed by atoms with Crippen molar-refractivity contribution < 1.29 is 22.5 Å². The molecule has 140 valence electrons. The van der Waals surface area contributed by atoms with Crippen LogP contribution < -0.4 is 4.74 Å². The summed E-state index contributed by atoms with van der Waals surface area (Å²) in [5.74, 6) is -0.0865. The molecule has 27 heavy (non-hydrogen) atoms. The summed E-state index contributed by atoms with van der Waals surface area (Å²) in [4.78, 5) is 11.9. The number of carbonyl (C=O) groups is 1.